The molecule has 0 spiro atoms. The van der Waals surface area contributed by atoms with Gasteiger partial charge in [0.1, 0.15) is 11.4 Å². The molecule has 2 heterocycles. The maximum atomic E-state index is 12.9. The number of hydrogen-bond donors (Lipinski definition) is 2. The number of fused-ring (bicyclic) bond motifs is 1. The first-order chi connectivity index (χ1) is 16.6. The second-order valence-electron chi connectivity index (χ2n) is 8.19. The summed E-state index contributed by atoms with van der Waals surface area (Å²) in [7, 11) is 2.87. The Morgan fingerprint density at radius 2 is 1.74 bits per heavy atom. The zero-order valence-corrected chi connectivity index (χ0v) is 19.5. The smallest absolute Gasteiger partial charge is 0.356 e. The molecule has 1 fully saturated rings. The van der Waals surface area contributed by atoms with E-state index in [0.29, 0.717) is 22.3 Å². The number of nitrogens with zero attached hydrogens (tertiary/aromatic N) is 2. The van der Waals surface area contributed by atoms with Gasteiger partial charge in [0.25, 0.3) is 0 Å². The molecule has 0 unspecified atom stereocenters. The van der Waals surface area contributed by atoms with Gasteiger partial charge in [0.2, 0.25) is 5.91 Å². The van der Waals surface area contributed by atoms with Crippen molar-refractivity contribution in [1.82, 2.24) is 14.8 Å². The van der Waals surface area contributed by atoms with Crippen molar-refractivity contribution in [1.29, 1.82) is 0 Å². The van der Waals surface area contributed by atoms with Crippen LogP contribution >= 0.6 is 0 Å². The fourth-order valence-electron chi connectivity index (χ4n) is 4.18. The molecule has 1 aliphatic heterocycles. The van der Waals surface area contributed by atoms with Crippen LogP contribution in [0.2, 0.25) is 0 Å². The third-order valence-corrected chi connectivity index (χ3v) is 5.97. The highest BCUT2D eigenvalue weighted by Gasteiger charge is 2.24. The van der Waals surface area contributed by atoms with Crippen molar-refractivity contribution >= 4 is 34.5 Å². The molecule has 178 valence electrons. The third kappa shape index (κ3) is 5.47. The molecule has 2 aromatic carbocycles. The highest BCUT2D eigenvalue weighted by molar-refractivity contribution is 6.13. The molecule has 0 saturated carbocycles. The lowest BCUT2D eigenvalue weighted by Gasteiger charge is -2.33. The summed E-state index contributed by atoms with van der Waals surface area (Å²) >= 11 is 0. The molecule has 8 nitrogen and oxygen atoms in total. The van der Waals surface area contributed by atoms with Crippen molar-refractivity contribution in [3.8, 4) is 5.75 Å². The van der Waals surface area contributed by atoms with E-state index < -0.39 is 5.97 Å². The van der Waals surface area contributed by atoms with E-state index in [1.807, 2.05) is 30.3 Å². The van der Waals surface area contributed by atoms with E-state index in [4.69, 9.17) is 9.47 Å². The number of rotatable bonds is 8. The van der Waals surface area contributed by atoms with Crippen LogP contribution in [-0.2, 0) is 9.53 Å². The van der Waals surface area contributed by atoms with Crippen molar-refractivity contribution in [2.45, 2.75) is 0 Å². The third-order valence-electron chi connectivity index (χ3n) is 5.97. The number of aromatic nitrogens is 1. The predicted octanol–water partition coefficient (Wildman–Crippen LogP) is 3.23. The largest absolute Gasteiger partial charge is 0.496 e. The highest BCUT2D eigenvalue weighted by Crippen LogP contribution is 2.35. The molecule has 0 bridgehead atoms. The molecule has 8 heteroatoms. The topological polar surface area (TPSA) is 86.9 Å². The van der Waals surface area contributed by atoms with Crippen molar-refractivity contribution in [2.75, 3.05) is 58.8 Å². The first-order valence-electron chi connectivity index (χ1n) is 11.3. The van der Waals surface area contributed by atoms with E-state index >= 15 is 0 Å². The molecule has 1 aromatic heterocycles. The van der Waals surface area contributed by atoms with Gasteiger partial charge in [-0.1, -0.05) is 48.6 Å². The minimum absolute atomic E-state index is 0.186. The molecule has 0 atom stereocenters. The molecule has 4 rings (SSSR count). The number of methoxy groups -OCH3 is 2. The SMILES string of the molecule is COC(=O)c1[nH]c2cccc(OC)c2c1NC(=O)CN1CCN(CC=Cc2ccccc2)CC1. The van der Waals surface area contributed by atoms with Crippen LogP contribution in [0.4, 0.5) is 5.69 Å². The number of nitrogens with one attached hydrogen (secondary N) is 2. The lowest BCUT2D eigenvalue weighted by Crippen LogP contribution is -2.48. The van der Waals surface area contributed by atoms with Crippen molar-refractivity contribution in [2.24, 2.45) is 0 Å². The molecule has 1 amide bonds. The molecular formula is C26H30N4O4. The number of carbonyl (C=O) groups is 2. The summed E-state index contributed by atoms with van der Waals surface area (Å²) in [6.45, 7) is 4.51. The number of piperazine rings is 1. The second kappa shape index (κ2) is 11.0. The minimum atomic E-state index is -0.550. The summed E-state index contributed by atoms with van der Waals surface area (Å²) in [6.07, 6.45) is 4.31. The summed E-state index contributed by atoms with van der Waals surface area (Å²) in [6, 6.07) is 15.7. The number of benzene rings is 2. The van der Waals surface area contributed by atoms with E-state index in [0.717, 1.165) is 32.7 Å². The molecule has 0 radical (unpaired) electrons. The van der Waals surface area contributed by atoms with Gasteiger partial charge >= 0.3 is 5.97 Å². The van der Waals surface area contributed by atoms with Gasteiger partial charge in [-0.05, 0) is 17.7 Å². The summed E-state index contributed by atoms with van der Waals surface area (Å²) in [5.41, 5.74) is 2.46. The van der Waals surface area contributed by atoms with E-state index in [2.05, 4.69) is 44.4 Å². The Morgan fingerprint density at radius 3 is 2.44 bits per heavy atom. The van der Waals surface area contributed by atoms with Gasteiger partial charge in [0.15, 0.2) is 0 Å². The number of esters is 1. The number of carbonyl (C=O) groups excluding carboxylic acids is 2. The highest BCUT2D eigenvalue weighted by atomic mass is 16.5. The predicted molar refractivity (Wildman–Crippen MR) is 133 cm³/mol. The average Bonchev–Trinajstić information content (AvgIpc) is 3.23. The number of amides is 1. The van der Waals surface area contributed by atoms with Crippen molar-refractivity contribution in [3.63, 3.8) is 0 Å². The standard InChI is InChI=1S/C26H30N4O4/c1-33-21-12-6-11-20-23(21)24(25(27-20)26(32)34-2)28-22(31)18-30-16-14-29(15-17-30)13-7-10-19-8-4-3-5-9-19/h3-12,27H,13-18H2,1-2H3,(H,28,31). The van der Waals surface area contributed by atoms with Gasteiger partial charge in [-0.2, -0.15) is 0 Å². The number of H-pyrrole nitrogens is 1. The molecular weight excluding hydrogens is 432 g/mol. The van der Waals surface area contributed by atoms with E-state index in [1.54, 1.807) is 13.2 Å². The normalized spacial score (nSPS) is 15.0. The van der Waals surface area contributed by atoms with Crippen molar-refractivity contribution < 1.29 is 19.1 Å². The van der Waals surface area contributed by atoms with Crippen LogP contribution in [0.15, 0.2) is 54.6 Å². The quantitative estimate of drug-likeness (QED) is 0.500. The number of aromatic amines is 1. The van der Waals surface area contributed by atoms with Gasteiger partial charge in [0, 0.05) is 32.7 Å². The summed E-state index contributed by atoms with van der Waals surface area (Å²) in [5.74, 6) is -0.170. The molecule has 2 N–H and O–H groups in total. The Balaban J connectivity index is 1.35. The lowest BCUT2D eigenvalue weighted by molar-refractivity contribution is -0.117. The molecule has 1 saturated heterocycles. The first kappa shape index (κ1) is 23.5. The zero-order chi connectivity index (χ0) is 23.9. The average molecular weight is 463 g/mol. The lowest BCUT2D eigenvalue weighted by atomic mass is 10.2. The number of anilines is 1. The minimum Gasteiger partial charge on any atom is -0.496 e. The Bertz CT molecular complexity index is 1160. The van der Waals surface area contributed by atoms with E-state index in [-0.39, 0.29) is 18.1 Å². The van der Waals surface area contributed by atoms with Crippen LogP contribution < -0.4 is 10.1 Å². The summed E-state index contributed by atoms with van der Waals surface area (Å²) in [5, 5.41) is 3.56. The van der Waals surface area contributed by atoms with Gasteiger partial charge in [-0.25, -0.2) is 4.79 Å². The number of hydrogen-bond acceptors (Lipinski definition) is 6. The van der Waals surface area contributed by atoms with Gasteiger partial charge in [-0.3, -0.25) is 14.6 Å². The van der Waals surface area contributed by atoms with Crippen LogP contribution in [-0.4, -0.2) is 80.1 Å². The van der Waals surface area contributed by atoms with E-state index in [1.165, 1.54) is 12.7 Å². The van der Waals surface area contributed by atoms with Gasteiger partial charge < -0.3 is 19.8 Å². The molecule has 34 heavy (non-hydrogen) atoms. The Labute approximate surface area is 199 Å². The fraction of sp³-hybridized carbons (Fsp3) is 0.308. The number of ether oxygens (including phenoxy) is 2. The van der Waals surface area contributed by atoms with Crippen LogP contribution in [0.3, 0.4) is 0 Å². The van der Waals surface area contributed by atoms with Gasteiger partial charge in [-0.15, -0.1) is 0 Å². The summed E-state index contributed by atoms with van der Waals surface area (Å²) < 4.78 is 10.4. The van der Waals surface area contributed by atoms with Crippen LogP contribution in [0, 0.1) is 0 Å². The Hall–Kier alpha value is -3.62. The summed E-state index contributed by atoms with van der Waals surface area (Å²) in [4.78, 5) is 32.8. The first-order valence-corrected chi connectivity index (χ1v) is 11.3. The molecule has 0 aliphatic carbocycles. The Morgan fingerprint density at radius 1 is 1.00 bits per heavy atom. The maximum absolute atomic E-state index is 12.9. The maximum Gasteiger partial charge on any atom is 0.356 e. The second-order valence-corrected chi connectivity index (χ2v) is 8.19. The van der Waals surface area contributed by atoms with Crippen LogP contribution in [0.1, 0.15) is 16.1 Å². The Kier molecular flexibility index (Phi) is 7.61. The monoisotopic (exact) mass is 462 g/mol. The molecule has 3 aromatic rings. The zero-order valence-electron chi connectivity index (χ0n) is 19.5. The van der Waals surface area contributed by atoms with Gasteiger partial charge in [0.05, 0.1) is 37.4 Å². The fourth-order valence-corrected chi connectivity index (χ4v) is 4.18. The van der Waals surface area contributed by atoms with E-state index in [9.17, 15) is 9.59 Å². The molecule has 1 aliphatic rings. The van der Waals surface area contributed by atoms with Crippen LogP contribution in [0.5, 0.6) is 5.75 Å². The van der Waals surface area contributed by atoms with Crippen molar-refractivity contribution in [3.05, 3.63) is 65.9 Å². The van der Waals surface area contributed by atoms with Crippen LogP contribution in [0.25, 0.3) is 17.0 Å².